The van der Waals surface area contributed by atoms with Gasteiger partial charge in [-0.3, -0.25) is 0 Å². The first kappa shape index (κ1) is 10.0. The molecule has 1 rings (SSSR count). The summed E-state index contributed by atoms with van der Waals surface area (Å²) >= 11 is 0. The van der Waals surface area contributed by atoms with Gasteiger partial charge in [-0.15, -0.1) is 0 Å². The zero-order chi connectivity index (χ0) is 8.97. The van der Waals surface area contributed by atoms with Crippen molar-refractivity contribution in [3.05, 3.63) is 0 Å². The molecule has 0 aromatic rings. The summed E-state index contributed by atoms with van der Waals surface area (Å²) in [4.78, 5) is 2.64. The van der Waals surface area contributed by atoms with Gasteiger partial charge in [0.15, 0.2) is 0 Å². The molecular formula is C11H23N. The fourth-order valence-electron chi connectivity index (χ4n) is 2.39. The number of nitrogens with zero attached hydrogens (tertiary/aromatic N) is 1. The molecular weight excluding hydrogens is 146 g/mol. The van der Waals surface area contributed by atoms with E-state index in [1.54, 1.807) is 0 Å². The summed E-state index contributed by atoms with van der Waals surface area (Å²) < 4.78 is 0. The molecule has 0 bridgehead atoms. The SMILES string of the molecule is CCCN1CC(C)CC(CC)C1. The summed E-state index contributed by atoms with van der Waals surface area (Å²) in [5, 5.41) is 0. The second-order valence-corrected chi connectivity index (χ2v) is 4.37. The van der Waals surface area contributed by atoms with Gasteiger partial charge in [-0.1, -0.05) is 27.2 Å². The Morgan fingerprint density at radius 3 is 2.58 bits per heavy atom. The zero-order valence-corrected chi connectivity index (χ0v) is 8.84. The standard InChI is InChI=1S/C11H23N/c1-4-6-12-8-10(3)7-11(5-2)9-12/h10-11H,4-9H2,1-3H3. The molecule has 72 valence electrons. The molecule has 0 radical (unpaired) electrons. The molecule has 1 fully saturated rings. The lowest BCUT2D eigenvalue weighted by Gasteiger charge is -2.35. The predicted octanol–water partition coefficient (Wildman–Crippen LogP) is 2.76. The van der Waals surface area contributed by atoms with Crippen LogP contribution in [-0.2, 0) is 0 Å². The van der Waals surface area contributed by atoms with E-state index in [2.05, 4.69) is 25.7 Å². The molecule has 12 heavy (non-hydrogen) atoms. The van der Waals surface area contributed by atoms with Crippen LogP contribution in [-0.4, -0.2) is 24.5 Å². The summed E-state index contributed by atoms with van der Waals surface area (Å²) in [7, 11) is 0. The van der Waals surface area contributed by atoms with Crippen molar-refractivity contribution in [2.24, 2.45) is 11.8 Å². The van der Waals surface area contributed by atoms with Crippen molar-refractivity contribution < 1.29 is 0 Å². The van der Waals surface area contributed by atoms with Gasteiger partial charge in [-0.2, -0.15) is 0 Å². The minimum absolute atomic E-state index is 0.926. The molecule has 0 amide bonds. The highest BCUT2D eigenvalue weighted by molar-refractivity contribution is 4.75. The third kappa shape index (κ3) is 2.78. The fourth-order valence-corrected chi connectivity index (χ4v) is 2.39. The number of rotatable bonds is 3. The Morgan fingerprint density at radius 1 is 1.25 bits per heavy atom. The summed E-state index contributed by atoms with van der Waals surface area (Å²) in [5.41, 5.74) is 0. The van der Waals surface area contributed by atoms with Gasteiger partial charge in [0.05, 0.1) is 0 Å². The number of hydrogen-bond acceptors (Lipinski definition) is 1. The number of piperidine rings is 1. The van der Waals surface area contributed by atoms with Gasteiger partial charge in [-0.05, 0) is 31.2 Å². The summed E-state index contributed by atoms with van der Waals surface area (Å²) in [5.74, 6) is 1.90. The minimum Gasteiger partial charge on any atom is -0.303 e. The molecule has 2 atom stereocenters. The molecule has 0 aliphatic carbocycles. The molecule has 0 aromatic carbocycles. The average molecular weight is 169 g/mol. The fraction of sp³-hybridized carbons (Fsp3) is 1.00. The van der Waals surface area contributed by atoms with Crippen LogP contribution in [0, 0.1) is 11.8 Å². The van der Waals surface area contributed by atoms with Gasteiger partial charge in [0, 0.05) is 13.1 Å². The van der Waals surface area contributed by atoms with Gasteiger partial charge < -0.3 is 4.90 Å². The van der Waals surface area contributed by atoms with Gasteiger partial charge in [0.2, 0.25) is 0 Å². The van der Waals surface area contributed by atoms with Crippen LogP contribution in [0.2, 0.25) is 0 Å². The van der Waals surface area contributed by atoms with Crippen LogP contribution in [0.15, 0.2) is 0 Å². The van der Waals surface area contributed by atoms with Gasteiger partial charge >= 0.3 is 0 Å². The molecule has 0 spiro atoms. The van der Waals surface area contributed by atoms with Crippen molar-refractivity contribution in [1.82, 2.24) is 4.90 Å². The molecule has 0 saturated carbocycles. The van der Waals surface area contributed by atoms with Crippen molar-refractivity contribution in [2.45, 2.75) is 40.0 Å². The molecule has 0 N–H and O–H groups in total. The second-order valence-electron chi connectivity index (χ2n) is 4.37. The van der Waals surface area contributed by atoms with E-state index >= 15 is 0 Å². The maximum Gasteiger partial charge on any atom is 0.000977 e. The van der Waals surface area contributed by atoms with Crippen LogP contribution in [0.4, 0.5) is 0 Å². The summed E-state index contributed by atoms with van der Waals surface area (Å²) in [6.07, 6.45) is 4.13. The van der Waals surface area contributed by atoms with Crippen molar-refractivity contribution in [3.63, 3.8) is 0 Å². The minimum atomic E-state index is 0.926. The molecule has 0 aromatic heterocycles. The monoisotopic (exact) mass is 169 g/mol. The Hall–Kier alpha value is -0.0400. The van der Waals surface area contributed by atoms with Gasteiger partial charge in [0.1, 0.15) is 0 Å². The Morgan fingerprint density at radius 2 is 2.00 bits per heavy atom. The highest BCUT2D eigenvalue weighted by Crippen LogP contribution is 2.23. The van der Waals surface area contributed by atoms with Gasteiger partial charge in [0.25, 0.3) is 0 Å². The average Bonchev–Trinajstić information content (AvgIpc) is 2.04. The molecule has 1 heteroatoms. The first-order chi connectivity index (χ1) is 5.76. The molecule has 1 nitrogen and oxygen atoms in total. The normalized spacial score (nSPS) is 32.2. The first-order valence-electron chi connectivity index (χ1n) is 5.48. The van der Waals surface area contributed by atoms with Crippen LogP contribution < -0.4 is 0 Å². The number of hydrogen-bond donors (Lipinski definition) is 0. The third-order valence-electron chi connectivity index (χ3n) is 2.94. The lowest BCUT2D eigenvalue weighted by atomic mass is 9.89. The van der Waals surface area contributed by atoms with Crippen molar-refractivity contribution in [3.8, 4) is 0 Å². The Labute approximate surface area is 77.1 Å². The van der Waals surface area contributed by atoms with E-state index in [9.17, 15) is 0 Å². The summed E-state index contributed by atoms with van der Waals surface area (Å²) in [6, 6.07) is 0. The lowest BCUT2D eigenvalue weighted by molar-refractivity contribution is 0.130. The lowest BCUT2D eigenvalue weighted by Crippen LogP contribution is -2.39. The van der Waals surface area contributed by atoms with E-state index in [1.807, 2.05) is 0 Å². The second kappa shape index (κ2) is 4.86. The van der Waals surface area contributed by atoms with E-state index in [0.717, 1.165) is 11.8 Å². The maximum atomic E-state index is 2.64. The molecule has 1 aliphatic heterocycles. The topological polar surface area (TPSA) is 3.24 Å². The largest absolute Gasteiger partial charge is 0.303 e. The van der Waals surface area contributed by atoms with E-state index < -0.39 is 0 Å². The van der Waals surface area contributed by atoms with Crippen molar-refractivity contribution in [1.29, 1.82) is 0 Å². The van der Waals surface area contributed by atoms with Crippen LogP contribution in [0.3, 0.4) is 0 Å². The Bertz CT molecular complexity index is 122. The third-order valence-corrected chi connectivity index (χ3v) is 2.94. The maximum absolute atomic E-state index is 2.64. The first-order valence-corrected chi connectivity index (χ1v) is 5.48. The van der Waals surface area contributed by atoms with Crippen molar-refractivity contribution in [2.75, 3.05) is 19.6 Å². The zero-order valence-electron chi connectivity index (χ0n) is 8.84. The highest BCUT2D eigenvalue weighted by atomic mass is 15.1. The Kier molecular flexibility index (Phi) is 4.07. The molecule has 2 unspecified atom stereocenters. The summed E-state index contributed by atoms with van der Waals surface area (Å²) in [6.45, 7) is 11.0. The van der Waals surface area contributed by atoms with E-state index in [-0.39, 0.29) is 0 Å². The van der Waals surface area contributed by atoms with E-state index in [0.29, 0.717) is 0 Å². The van der Waals surface area contributed by atoms with Crippen LogP contribution in [0.1, 0.15) is 40.0 Å². The molecule has 1 aliphatic rings. The van der Waals surface area contributed by atoms with Gasteiger partial charge in [-0.25, -0.2) is 0 Å². The predicted molar refractivity (Wildman–Crippen MR) is 54.3 cm³/mol. The van der Waals surface area contributed by atoms with Crippen LogP contribution in [0.5, 0.6) is 0 Å². The van der Waals surface area contributed by atoms with Crippen LogP contribution >= 0.6 is 0 Å². The highest BCUT2D eigenvalue weighted by Gasteiger charge is 2.22. The molecule has 1 heterocycles. The van der Waals surface area contributed by atoms with E-state index in [4.69, 9.17) is 0 Å². The van der Waals surface area contributed by atoms with E-state index in [1.165, 1.54) is 38.9 Å². The Balaban J connectivity index is 2.34. The van der Waals surface area contributed by atoms with Crippen LogP contribution in [0.25, 0.3) is 0 Å². The number of likely N-dealkylation sites (tertiary alicyclic amines) is 1. The molecule has 1 saturated heterocycles. The smallest absolute Gasteiger partial charge is 0.000977 e. The quantitative estimate of drug-likeness (QED) is 0.628. The van der Waals surface area contributed by atoms with Crippen molar-refractivity contribution >= 4 is 0 Å².